The summed E-state index contributed by atoms with van der Waals surface area (Å²) in [6, 6.07) is 15.5. The molecule has 0 aliphatic rings. The quantitative estimate of drug-likeness (QED) is 0.373. The number of pyridine rings is 1. The molecule has 1 unspecified atom stereocenters. The number of rotatable bonds is 10. The topological polar surface area (TPSA) is 109 Å². The molecular formula is C25H30N6O3. The highest BCUT2D eigenvalue weighted by atomic mass is 16.5. The number of aromatic amines is 1. The van der Waals surface area contributed by atoms with Gasteiger partial charge in [-0.1, -0.05) is 30.7 Å². The highest BCUT2D eigenvalue weighted by Gasteiger charge is 2.25. The molecule has 2 aromatic carbocycles. The van der Waals surface area contributed by atoms with Crippen LogP contribution in [0.2, 0.25) is 0 Å². The predicted octanol–water partition coefficient (Wildman–Crippen LogP) is 2.83. The van der Waals surface area contributed by atoms with Gasteiger partial charge in [-0.15, -0.1) is 5.10 Å². The van der Waals surface area contributed by atoms with Gasteiger partial charge in [0.15, 0.2) is 5.82 Å². The maximum atomic E-state index is 12.8. The lowest BCUT2D eigenvalue weighted by Gasteiger charge is -2.29. The van der Waals surface area contributed by atoms with Crippen molar-refractivity contribution in [1.82, 2.24) is 30.1 Å². The van der Waals surface area contributed by atoms with Crippen LogP contribution in [-0.2, 0) is 13.1 Å². The fraction of sp³-hybridized carbons (Fsp3) is 0.360. The van der Waals surface area contributed by atoms with Crippen molar-refractivity contribution in [3.05, 3.63) is 81.4 Å². The van der Waals surface area contributed by atoms with E-state index >= 15 is 0 Å². The number of ether oxygens (including phenoxy) is 1. The molecule has 178 valence electrons. The zero-order chi connectivity index (χ0) is 24.1. The van der Waals surface area contributed by atoms with Crippen molar-refractivity contribution in [2.45, 2.75) is 39.4 Å². The molecule has 9 nitrogen and oxygen atoms in total. The van der Waals surface area contributed by atoms with Crippen molar-refractivity contribution in [2.75, 3.05) is 20.3 Å². The number of aryl methyl sites for hydroxylation is 1. The van der Waals surface area contributed by atoms with E-state index in [1.807, 2.05) is 49.4 Å². The Balaban J connectivity index is 1.62. The zero-order valence-electron chi connectivity index (χ0n) is 19.7. The summed E-state index contributed by atoms with van der Waals surface area (Å²) in [6.45, 7) is 5.30. The minimum atomic E-state index is -0.173. The molecule has 4 aromatic rings. The van der Waals surface area contributed by atoms with Crippen LogP contribution >= 0.6 is 0 Å². The van der Waals surface area contributed by atoms with E-state index in [1.165, 1.54) is 0 Å². The number of H-pyrrole nitrogens is 1. The first-order chi connectivity index (χ1) is 16.5. The maximum Gasteiger partial charge on any atom is 0.252 e. The van der Waals surface area contributed by atoms with Gasteiger partial charge in [0, 0.05) is 24.2 Å². The second-order valence-corrected chi connectivity index (χ2v) is 8.38. The number of aliphatic hydroxyl groups excluding tert-OH is 1. The van der Waals surface area contributed by atoms with E-state index in [9.17, 15) is 9.90 Å². The van der Waals surface area contributed by atoms with Crippen LogP contribution in [0.4, 0.5) is 0 Å². The van der Waals surface area contributed by atoms with Gasteiger partial charge >= 0.3 is 0 Å². The number of tetrazole rings is 1. The summed E-state index contributed by atoms with van der Waals surface area (Å²) < 4.78 is 7.01. The first-order valence-electron chi connectivity index (χ1n) is 11.4. The fourth-order valence-electron chi connectivity index (χ4n) is 4.25. The van der Waals surface area contributed by atoms with Gasteiger partial charge in [0.25, 0.3) is 5.56 Å². The van der Waals surface area contributed by atoms with Gasteiger partial charge in [0.1, 0.15) is 5.75 Å². The number of nitrogens with one attached hydrogen (secondary N) is 1. The van der Waals surface area contributed by atoms with Gasteiger partial charge in [-0.05, 0) is 65.1 Å². The third kappa shape index (κ3) is 5.16. The molecule has 2 N–H and O–H groups in total. The highest BCUT2D eigenvalue weighted by molar-refractivity contribution is 5.79. The summed E-state index contributed by atoms with van der Waals surface area (Å²) in [5.74, 6) is 1.48. The van der Waals surface area contributed by atoms with Crippen LogP contribution in [0.25, 0.3) is 10.9 Å². The maximum absolute atomic E-state index is 12.8. The Hall–Kier alpha value is -3.56. The van der Waals surface area contributed by atoms with Crippen LogP contribution in [0.1, 0.15) is 41.9 Å². The molecule has 4 rings (SSSR count). The summed E-state index contributed by atoms with van der Waals surface area (Å²) in [6.07, 6.45) is 0.716. The summed E-state index contributed by atoms with van der Waals surface area (Å²) in [5, 5.41) is 23.2. The fourth-order valence-corrected chi connectivity index (χ4v) is 4.25. The van der Waals surface area contributed by atoms with E-state index in [1.54, 1.807) is 11.8 Å². The van der Waals surface area contributed by atoms with Crippen LogP contribution in [0.3, 0.4) is 0 Å². The molecule has 0 spiro atoms. The molecule has 2 heterocycles. The second kappa shape index (κ2) is 10.6. The lowest BCUT2D eigenvalue weighted by atomic mass is 10.1. The zero-order valence-corrected chi connectivity index (χ0v) is 19.7. The van der Waals surface area contributed by atoms with Crippen molar-refractivity contribution < 1.29 is 9.84 Å². The monoisotopic (exact) mass is 462 g/mol. The number of fused-ring (bicyclic) bond motifs is 1. The molecule has 9 heteroatoms. The normalized spacial score (nSPS) is 12.4. The van der Waals surface area contributed by atoms with Gasteiger partial charge in [-0.3, -0.25) is 9.69 Å². The van der Waals surface area contributed by atoms with Crippen molar-refractivity contribution in [3.63, 3.8) is 0 Å². The molecule has 0 aliphatic heterocycles. The van der Waals surface area contributed by atoms with Crippen molar-refractivity contribution >= 4 is 10.9 Å². The molecule has 0 aliphatic carbocycles. The van der Waals surface area contributed by atoms with Crippen molar-refractivity contribution in [1.29, 1.82) is 0 Å². The molecule has 0 saturated carbocycles. The van der Waals surface area contributed by atoms with Crippen LogP contribution in [-0.4, -0.2) is 55.5 Å². The smallest absolute Gasteiger partial charge is 0.252 e. The number of benzene rings is 2. The average Bonchev–Trinajstić information content (AvgIpc) is 3.28. The number of nitrogens with zero attached hydrogens (tertiary/aromatic N) is 5. The molecule has 1 atom stereocenters. The Bertz CT molecular complexity index is 1300. The molecule has 0 amide bonds. The van der Waals surface area contributed by atoms with Crippen molar-refractivity contribution in [2.24, 2.45) is 0 Å². The first-order valence-corrected chi connectivity index (χ1v) is 11.4. The molecule has 0 fully saturated rings. The number of hydrogen-bond donors (Lipinski definition) is 2. The van der Waals surface area contributed by atoms with Crippen LogP contribution in [0.15, 0.2) is 53.3 Å². The van der Waals surface area contributed by atoms with Crippen LogP contribution in [0.5, 0.6) is 5.75 Å². The molecule has 34 heavy (non-hydrogen) atoms. The molecule has 0 saturated heterocycles. The van der Waals surface area contributed by atoms with E-state index < -0.39 is 0 Å². The first kappa shape index (κ1) is 23.6. The number of hydrogen-bond acceptors (Lipinski definition) is 7. The third-order valence-corrected chi connectivity index (χ3v) is 6.01. The molecule has 2 aromatic heterocycles. The highest BCUT2D eigenvalue weighted by Crippen LogP contribution is 2.25. The van der Waals surface area contributed by atoms with E-state index in [2.05, 4.69) is 38.4 Å². The summed E-state index contributed by atoms with van der Waals surface area (Å²) in [7, 11) is 1.64. The molecule has 0 bridgehead atoms. The Labute approximate surface area is 198 Å². The third-order valence-electron chi connectivity index (χ3n) is 6.01. The molecular weight excluding hydrogens is 432 g/mol. The van der Waals surface area contributed by atoms with E-state index in [0.717, 1.165) is 27.8 Å². The SMILES string of the molecule is CCC(c1nnnn1Cc1ccc(OC)cc1)N(CCO)Cc1cc2cc(C)ccc2[nH]c1=O. The Kier molecular flexibility index (Phi) is 7.34. The van der Waals surface area contributed by atoms with Crippen LogP contribution in [0, 0.1) is 6.92 Å². The minimum absolute atomic E-state index is 0.0405. The Morgan fingerprint density at radius 3 is 2.68 bits per heavy atom. The summed E-state index contributed by atoms with van der Waals surface area (Å²) >= 11 is 0. The van der Waals surface area contributed by atoms with E-state index in [-0.39, 0.29) is 18.2 Å². The number of aromatic nitrogens is 5. The van der Waals surface area contributed by atoms with Gasteiger partial charge in [-0.25, -0.2) is 4.68 Å². The van der Waals surface area contributed by atoms with Gasteiger partial charge in [0.05, 0.1) is 26.3 Å². The minimum Gasteiger partial charge on any atom is -0.497 e. The van der Waals surface area contributed by atoms with E-state index in [4.69, 9.17) is 4.74 Å². The lowest BCUT2D eigenvalue weighted by Crippen LogP contribution is -2.34. The largest absolute Gasteiger partial charge is 0.497 e. The average molecular weight is 463 g/mol. The Morgan fingerprint density at radius 2 is 1.97 bits per heavy atom. The number of aliphatic hydroxyl groups is 1. The summed E-state index contributed by atoms with van der Waals surface area (Å²) in [5.41, 5.74) is 3.48. The Morgan fingerprint density at radius 1 is 1.18 bits per heavy atom. The standard InChI is InChI=1S/C25H30N6O3/c1-4-23(24-27-28-29-31(24)15-18-6-8-21(34-3)9-7-18)30(11-12-32)16-20-14-19-13-17(2)5-10-22(19)26-25(20)33/h5-10,13-14,23,32H,4,11-12,15-16H2,1-3H3,(H,26,33). The molecule has 0 radical (unpaired) electrons. The lowest BCUT2D eigenvalue weighted by molar-refractivity contribution is 0.131. The second-order valence-electron chi connectivity index (χ2n) is 8.38. The van der Waals surface area contributed by atoms with Gasteiger partial charge in [0.2, 0.25) is 0 Å². The van der Waals surface area contributed by atoms with Crippen LogP contribution < -0.4 is 10.3 Å². The van der Waals surface area contributed by atoms with Crippen molar-refractivity contribution in [3.8, 4) is 5.75 Å². The van der Waals surface area contributed by atoms with Gasteiger partial charge < -0.3 is 14.8 Å². The van der Waals surface area contributed by atoms with E-state index in [0.29, 0.717) is 37.4 Å². The number of methoxy groups -OCH3 is 1. The van der Waals surface area contributed by atoms with Gasteiger partial charge in [-0.2, -0.15) is 0 Å². The predicted molar refractivity (Wildman–Crippen MR) is 130 cm³/mol. The summed E-state index contributed by atoms with van der Waals surface area (Å²) in [4.78, 5) is 17.9.